The van der Waals surface area contributed by atoms with Gasteiger partial charge in [0.25, 0.3) is 0 Å². The van der Waals surface area contributed by atoms with E-state index in [4.69, 9.17) is 10.00 Å². The highest BCUT2D eigenvalue weighted by molar-refractivity contribution is 6.04. The van der Waals surface area contributed by atoms with Crippen LogP contribution in [-0.4, -0.2) is 17.7 Å². The van der Waals surface area contributed by atoms with Crippen LogP contribution in [-0.2, 0) is 4.74 Å². The van der Waals surface area contributed by atoms with Crippen molar-refractivity contribution in [2.45, 2.75) is 6.92 Å². The molecule has 4 heteroatoms. The first-order chi connectivity index (χ1) is 8.70. The SMILES string of the molecule is CCOC(=O)c1c2cccccc-2c(C#N)c1O. The van der Waals surface area contributed by atoms with Gasteiger partial charge in [-0.2, -0.15) is 5.26 Å². The molecule has 0 aromatic rings. The zero-order chi connectivity index (χ0) is 13.1. The molecular weight excluding hydrogens is 230 g/mol. The molecule has 2 rings (SSSR count). The van der Waals surface area contributed by atoms with Gasteiger partial charge in [-0.05, 0) is 6.92 Å². The summed E-state index contributed by atoms with van der Waals surface area (Å²) in [4.78, 5) is 11.8. The van der Waals surface area contributed by atoms with E-state index in [1.165, 1.54) is 0 Å². The Labute approximate surface area is 104 Å². The van der Waals surface area contributed by atoms with Gasteiger partial charge in [0, 0.05) is 11.1 Å². The minimum absolute atomic E-state index is 0.0552. The summed E-state index contributed by atoms with van der Waals surface area (Å²) < 4.78 is 4.90. The second-order valence-corrected chi connectivity index (χ2v) is 3.67. The maximum Gasteiger partial charge on any atom is 0.342 e. The average Bonchev–Trinajstić information content (AvgIpc) is 2.51. The molecule has 0 atom stereocenters. The lowest BCUT2D eigenvalue weighted by Crippen LogP contribution is -2.04. The largest absolute Gasteiger partial charge is 0.506 e. The van der Waals surface area contributed by atoms with E-state index in [1.54, 1.807) is 37.3 Å². The highest BCUT2D eigenvalue weighted by Crippen LogP contribution is 2.40. The summed E-state index contributed by atoms with van der Waals surface area (Å²) in [5.41, 5.74) is 1.22. The number of hydrogen-bond acceptors (Lipinski definition) is 4. The molecule has 0 amide bonds. The van der Waals surface area contributed by atoms with Gasteiger partial charge in [0.2, 0.25) is 0 Å². The summed E-state index contributed by atoms with van der Waals surface area (Å²) in [6.07, 6.45) is 0. The first-order valence-electron chi connectivity index (χ1n) is 5.51. The molecule has 0 radical (unpaired) electrons. The van der Waals surface area contributed by atoms with Crippen molar-refractivity contribution in [2.24, 2.45) is 0 Å². The quantitative estimate of drug-likeness (QED) is 0.820. The van der Waals surface area contributed by atoms with Crippen LogP contribution >= 0.6 is 0 Å². The number of aromatic hydroxyl groups is 1. The van der Waals surface area contributed by atoms with Crippen LogP contribution in [0.25, 0.3) is 11.1 Å². The number of fused-ring (bicyclic) bond motifs is 1. The van der Waals surface area contributed by atoms with E-state index >= 15 is 0 Å². The van der Waals surface area contributed by atoms with E-state index in [0.29, 0.717) is 11.1 Å². The molecule has 90 valence electrons. The second kappa shape index (κ2) is 4.76. The van der Waals surface area contributed by atoms with Gasteiger partial charge in [-0.1, -0.05) is 30.3 Å². The molecule has 0 spiro atoms. The lowest BCUT2D eigenvalue weighted by molar-refractivity contribution is 0.0524. The zero-order valence-corrected chi connectivity index (χ0v) is 9.80. The summed E-state index contributed by atoms with van der Waals surface area (Å²) in [6, 6.07) is 10.6. The fourth-order valence-corrected chi connectivity index (χ4v) is 1.89. The third kappa shape index (κ3) is 1.76. The number of rotatable bonds is 2. The van der Waals surface area contributed by atoms with Gasteiger partial charge >= 0.3 is 5.97 Å². The van der Waals surface area contributed by atoms with Crippen LogP contribution in [0.4, 0.5) is 0 Å². The Kier molecular flexibility index (Phi) is 3.16. The highest BCUT2D eigenvalue weighted by Gasteiger charge is 2.27. The fourth-order valence-electron chi connectivity index (χ4n) is 1.89. The summed E-state index contributed by atoms with van der Waals surface area (Å²) in [5.74, 6) is -0.926. The predicted molar refractivity (Wildman–Crippen MR) is 65.4 cm³/mol. The Balaban J connectivity index is 2.73. The third-order valence-corrected chi connectivity index (χ3v) is 2.64. The van der Waals surface area contributed by atoms with Crippen molar-refractivity contribution in [1.29, 1.82) is 5.26 Å². The smallest absolute Gasteiger partial charge is 0.342 e. The van der Waals surface area contributed by atoms with E-state index in [9.17, 15) is 9.90 Å². The molecule has 2 aliphatic carbocycles. The highest BCUT2D eigenvalue weighted by atomic mass is 16.5. The van der Waals surface area contributed by atoms with Gasteiger partial charge in [-0.3, -0.25) is 0 Å². The first-order valence-corrected chi connectivity index (χ1v) is 5.51. The lowest BCUT2D eigenvalue weighted by Gasteiger charge is -2.01. The van der Waals surface area contributed by atoms with Crippen LogP contribution in [0.15, 0.2) is 30.3 Å². The Morgan fingerprint density at radius 1 is 1.33 bits per heavy atom. The Morgan fingerprint density at radius 2 is 2.00 bits per heavy atom. The molecular formula is C14H11NO3. The van der Waals surface area contributed by atoms with Crippen molar-refractivity contribution in [3.63, 3.8) is 0 Å². The molecule has 2 aliphatic rings. The second-order valence-electron chi connectivity index (χ2n) is 3.67. The van der Waals surface area contributed by atoms with Crippen molar-refractivity contribution in [3.8, 4) is 22.9 Å². The third-order valence-electron chi connectivity index (χ3n) is 2.64. The van der Waals surface area contributed by atoms with Crippen molar-refractivity contribution in [2.75, 3.05) is 6.61 Å². The zero-order valence-electron chi connectivity index (χ0n) is 9.80. The minimum Gasteiger partial charge on any atom is -0.506 e. The predicted octanol–water partition coefficient (Wildman–Crippen LogP) is 2.55. The molecule has 0 fully saturated rings. The average molecular weight is 241 g/mol. The van der Waals surface area contributed by atoms with E-state index < -0.39 is 5.97 Å². The van der Waals surface area contributed by atoms with Crippen LogP contribution < -0.4 is 0 Å². The molecule has 0 aromatic heterocycles. The van der Waals surface area contributed by atoms with Gasteiger partial charge in [-0.15, -0.1) is 0 Å². The van der Waals surface area contributed by atoms with E-state index in [-0.39, 0.29) is 23.5 Å². The van der Waals surface area contributed by atoms with Crippen molar-refractivity contribution >= 4 is 5.97 Å². The monoisotopic (exact) mass is 241 g/mol. The van der Waals surface area contributed by atoms with Crippen molar-refractivity contribution < 1.29 is 14.6 Å². The Hall–Kier alpha value is -2.54. The number of nitriles is 1. The van der Waals surface area contributed by atoms with Gasteiger partial charge in [0.1, 0.15) is 22.9 Å². The summed E-state index contributed by atoms with van der Waals surface area (Å²) in [6.45, 7) is 1.90. The maximum absolute atomic E-state index is 11.8. The Bertz CT molecular complexity index is 613. The summed E-state index contributed by atoms with van der Waals surface area (Å²) in [7, 11) is 0. The molecule has 0 saturated carbocycles. The van der Waals surface area contributed by atoms with Crippen LogP contribution in [0, 0.1) is 11.3 Å². The van der Waals surface area contributed by atoms with Gasteiger partial charge in [0.15, 0.2) is 0 Å². The summed E-state index contributed by atoms with van der Waals surface area (Å²) in [5, 5.41) is 19.0. The molecule has 0 bridgehead atoms. The first kappa shape index (κ1) is 11.9. The molecule has 18 heavy (non-hydrogen) atoms. The topological polar surface area (TPSA) is 70.3 Å². The molecule has 0 aromatic carbocycles. The molecule has 0 saturated heterocycles. The molecule has 0 unspecified atom stereocenters. The lowest BCUT2D eigenvalue weighted by atomic mass is 10.1. The molecule has 4 nitrogen and oxygen atoms in total. The normalized spacial score (nSPS) is 10.0. The van der Waals surface area contributed by atoms with Crippen LogP contribution in [0.5, 0.6) is 5.75 Å². The van der Waals surface area contributed by atoms with Crippen LogP contribution in [0.1, 0.15) is 22.8 Å². The summed E-state index contributed by atoms with van der Waals surface area (Å²) >= 11 is 0. The van der Waals surface area contributed by atoms with Gasteiger partial charge < -0.3 is 9.84 Å². The molecule has 0 aliphatic heterocycles. The van der Waals surface area contributed by atoms with E-state index in [0.717, 1.165) is 0 Å². The number of esters is 1. The number of hydrogen-bond donors (Lipinski definition) is 1. The van der Waals surface area contributed by atoms with Crippen molar-refractivity contribution in [1.82, 2.24) is 0 Å². The molecule has 0 heterocycles. The molecule has 1 N–H and O–H groups in total. The minimum atomic E-state index is -0.618. The maximum atomic E-state index is 11.8. The van der Waals surface area contributed by atoms with E-state index in [2.05, 4.69) is 0 Å². The van der Waals surface area contributed by atoms with E-state index in [1.807, 2.05) is 6.07 Å². The number of ether oxygens (including phenoxy) is 1. The number of carbonyl (C=O) groups excluding carboxylic acids is 1. The fraction of sp³-hybridized carbons (Fsp3) is 0.143. The van der Waals surface area contributed by atoms with Crippen LogP contribution in [0.3, 0.4) is 0 Å². The van der Waals surface area contributed by atoms with Crippen molar-refractivity contribution in [3.05, 3.63) is 41.5 Å². The Morgan fingerprint density at radius 3 is 2.61 bits per heavy atom. The van der Waals surface area contributed by atoms with Crippen LogP contribution in [0.2, 0.25) is 0 Å². The standard InChI is InChI=1S/C14H11NO3/c1-2-18-14(17)12-10-7-5-3-4-6-9(10)11(8-15)13(12)16/h3-7,16H,2H2,1H3. The van der Waals surface area contributed by atoms with Gasteiger partial charge in [-0.25, -0.2) is 4.79 Å². The number of carbonyl (C=O) groups is 1. The van der Waals surface area contributed by atoms with Gasteiger partial charge in [0.05, 0.1) is 6.61 Å². The number of nitrogens with zero attached hydrogens (tertiary/aromatic N) is 1.